The molecule has 0 aliphatic carbocycles. The topological polar surface area (TPSA) is 127 Å². The first kappa shape index (κ1) is 22.7. The van der Waals surface area contributed by atoms with Gasteiger partial charge in [-0.1, -0.05) is 24.3 Å². The fourth-order valence-electron chi connectivity index (χ4n) is 3.22. The lowest BCUT2D eigenvalue weighted by molar-refractivity contribution is -0.206. The van der Waals surface area contributed by atoms with E-state index in [-0.39, 0.29) is 26.4 Å². The van der Waals surface area contributed by atoms with Crippen molar-refractivity contribution in [3.8, 4) is 0 Å². The molecule has 0 aromatic heterocycles. The van der Waals surface area contributed by atoms with Crippen molar-refractivity contribution in [2.45, 2.75) is 25.1 Å². The van der Waals surface area contributed by atoms with Gasteiger partial charge in [-0.2, -0.15) is 0 Å². The highest BCUT2D eigenvalue weighted by molar-refractivity contribution is 5.90. The number of cyclic esters (lactones) is 2. The average Bonchev–Trinajstić information content (AvgIpc) is 3.44. The average molecular weight is 458 g/mol. The molecule has 0 amide bonds. The Labute approximate surface area is 188 Å². The summed E-state index contributed by atoms with van der Waals surface area (Å²) in [4.78, 5) is 35.2. The quantitative estimate of drug-likeness (QED) is 0.462. The van der Waals surface area contributed by atoms with Crippen molar-refractivity contribution in [2.75, 3.05) is 26.4 Å². The molecule has 4 rings (SSSR count). The van der Waals surface area contributed by atoms with Crippen molar-refractivity contribution in [2.24, 2.45) is 0 Å². The van der Waals surface area contributed by atoms with Crippen molar-refractivity contribution in [1.82, 2.24) is 0 Å². The van der Waals surface area contributed by atoms with Crippen LogP contribution in [0.15, 0.2) is 48.5 Å². The Morgan fingerprint density at radius 2 is 1.39 bits per heavy atom. The highest BCUT2D eigenvalue weighted by Gasteiger charge is 2.27. The zero-order valence-corrected chi connectivity index (χ0v) is 17.5. The molecule has 2 saturated heterocycles. The van der Waals surface area contributed by atoms with E-state index in [0.717, 1.165) is 11.1 Å². The fourth-order valence-corrected chi connectivity index (χ4v) is 3.22. The second kappa shape index (κ2) is 10.4. The summed E-state index contributed by atoms with van der Waals surface area (Å²) in [6, 6.07) is 13.9. The van der Waals surface area contributed by atoms with E-state index in [0.29, 0.717) is 17.5 Å². The third-order valence-corrected chi connectivity index (χ3v) is 4.97. The molecule has 0 bridgehead atoms. The summed E-state index contributed by atoms with van der Waals surface area (Å²) < 4.78 is 29.6. The van der Waals surface area contributed by atoms with Gasteiger partial charge < -0.3 is 33.5 Å². The molecule has 2 aliphatic heterocycles. The summed E-state index contributed by atoms with van der Waals surface area (Å²) in [5.74, 6) is -1.01. The molecule has 3 unspecified atom stereocenters. The maximum absolute atomic E-state index is 12.2. The Balaban J connectivity index is 1.24. The van der Waals surface area contributed by atoms with Crippen molar-refractivity contribution in [3.05, 3.63) is 70.8 Å². The number of aliphatic hydroxyl groups excluding tert-OH is 1. The van der Waals surface area contributed by atoms with Crippen LogP contribution >= 0.6 is 0 Å². The number of carbonyl (C=O) groups excluding carboxylic acids is 3. The number of rotatable bonds is 8. The molecular weight excluding hydrogens is 436 g/mol. The van der Waals surface area contributed by atoms with Crippen molar-refractivity contribution in [1.29, 1.82) is 0 Å². The first-order chi connectivity index (χ1) is 16.0. The van der Waals surface area contributed by atoms with E-state index in [2.05, 4.69) is 4.74 Å². The zero-order valence-electron chi connectivity index (χ0n) is 17.5. The van der Waals surface area contributed by atoms with Crippen LogP contribution < -0.4 is 0 Å². The van der Waals surface area contributed by atoms with Gasteiger partial charge in [0.15, 0.2) is 6.10 Å². The van der Waals surface area contributed by atoms with Gasteiger partial charge in [0, 0.05) is 0 Å². The van der Waals surface area contributed by atoms with Gasteiger partial charge in [0.25, 0.3) is 6.48 Å². The third kappa shape index (κ3) is 6.28. The van der Waals surface area contributed by atoms with Gasteiger partial charge in [-0.3, -0.25) is 0 Å². The number of benzene rings is 2. The van der Waals surface area contributed by atoms with E-state index in [1.807, 2.05) is 24.3 Å². The van der Waals surface area contributed by atoms with Gasteiger partial charge in [-0.15, -0.1) is 0 Å². The maximum atomic E-state index is 12.2. The Morgan fingerprint density at radius 3 is 1.85 bits per heavy atom. The summed E-state index contributed by atoms with van der Waals surface area (Å²) in [6.45, 7) is -1.12. The van der Waals surface area contributed by atoms with Gasteiger partial charge in [0.1, 0.15) is 25.9 Å². The van der Waals surface area contributed by atoms with E-state index in [1.54, 1.807) is 24.3 Å². The smallest absolute Gasteiger partial charge is 0.459 e. The highest BCUT2D eigenvalue weighted by atomic mass is 16.8. The molecular formula is C23H22O10. The molecule has 2 heterocycles. The van der Waals surface area contributed by atoms with Gasteiger partial charge in [-0.05, 0) is 41.8 Å². The number of ether oxygens (including phenoxy) is 6. The van der Waals surface area contributed by atoms with Crippen molar-refractivity contribution >= 4 is 18.1 Å². The predicted octanol–water partition coefficient (Wildman–Crippen LogP) is 1.82. The van der Waals surface area contributed by atoms with Gasteiger partial charge in [-0.25, -0.2) is 14.4 Å². The molecule has 0 saturated carbocycles. The molecule has 0 radical (unpaired) electrons. The number of esters is 2. The molecule has 174 valence electrons. The van der Waals surface area contributed by atoms with E-state index in [1.165, 1.54) is 0 Å². The van der Waals surface area contributed by atoms with Crippen LogP contribution in [-0.2, 0) is 34.8 Å². The zero-order chi connectivity index (χ0) is 23.2. The number of hydrogen-bond acceptors (Lipinski definition) is 10. The van der Waals surface area contributed by atoms with E-state index < -0.39 is 36.8 Å². The minimum Gasteiger partial charge on any atom is -0.459 e. The summed E-state index contributed by atoms with van der Waals surface area (Å²) in [5.41, 5.74) is 2.72. The second-order valence-electron chi connectivity index (χ2n) is 7.47. The summed E-state index contributed by atoms with van der Waals surface area (Å²) in [6.07, 6.45) is -1.23. The molecule has 2 aromatic rings. The molecule has 2 aromatic carbocycles. The van der Waals surface area contributed by atoms with Gasteiger partial charge >= 0.3 is 18.1 Å². The van der Waals surface area contributed by atoms with Gasteiger partial charge in [0.05, 0.1) is 17.7 Å². The standard InChI is InChI=1S/C23H22O10/c24-20(28-10-18-12-30-22(26)32-18)16-5-1-14(2-6-16)9-15-3-7-17(8-4-15)21(25)29-11-19-13-31-23(27)33-19/h1-8,18-19,22,26H,9-13H2. The summed E-state index contributed by atoms with van der Waals surface area (Å²) in [7, 11) is 0. The Bertz CT molecular complexity index is 985. The Hall–Kier alpha value is -3.47. The molecule has 2 aliphatic rings. The van der Waals surface area contributed by atoms with Crippen molar-refractivity contribution in [3.63, 3.8) is 0 Å². The van der Waals surface area contributed by atoms with Crippen molar-refractivity contribution < 1.29 is 47.9 Å². The Morgan fingerprint density at radius 1 is 0.848 bits per heavy atom. The van der Waals surface area contributed by atoms with Crippen LogP contribution in [0.2, 0.25) is 0 Å². The molecule has 2 fully saturated rings. The van der Waals surface area contributed by atoms with Crippen LogP contribution in [0.4, 0.5) is 4.79 Å². The van der Waals surface area contributed by atoms with E-state index >= 15 is 0 Å². The van der Waals surface area contributed by atoms with E-state index in [4.69, 9.17) is 28.8 Å². The van der Waals surface area contributed by atoms with Crippen LogP contribution in [-0.4, -0.2) is 68.3 Å². The van der Waals surface area contributed by atoms with Crippen LogP contribution in [0, 0.1) is 0 Å². The highest BCUT2D eigenvalue weighted by Crippen LogP contribution is 2.15. The van der Waals surface area contributed by atoms with Crippen LogP contribution in [0.3, 0.4) is 0 Å². The first-order valence-corrected chi connectivity index (χ1v) is 10.3. The number of aliphatic hydroxyl groups is 1. The molecule has 1 N–H and O–H groups in total. The maximum Gasteiger partial charge on any atom is 0.508 e. The fraction of sp³-hybridized carbons (Fsp3) is 0.348. The lowest BCUT2D eigenvalue weighted by Gasteiger charge is -2.10. The van der Waals surface area contributed by atoms with Crippen LogP contribution in [0.1, 0.15) is 31.8 Å². The van der Waals surface area contributed by atoms with Crippen LogP contribution in [0.25, 0.3) is 0 Å². The lowest BCUT2D eigenvalue weighted by Crippen LogP contribution is -2.21. The molecule has 0 spiro atoms. The number of hydrogen-bond donors (Lipinski definition) is 1. The lowest BCUT2D eigenvalue weighted by atomic mass is 10.0. The summed E-state index contributed by atoms with van der Waals surface area (Å²) in [5, 5.41) is 9.12. The molecule has 10 nitrogen and oxygen atoms in total. The molecule has 33 heavy (non-hydrogen) atoms. The van der Waals surface area contributed by atoms with Gasteiger partial charge in [0.2, 0.25) is 0 Å². The number of carbonyl (C=O) groups is 3. The first-order valence-electron chi connectivity index (χ1n) is 10.3. The third-order valence-electron chi connectivity index (χ3n) is 4.97. The van der Waals surface area contributed by atoms with Crippen LogP contribution in [0.5, 0.6) is 0 Å². The largest absolute Gasteiger partial charge is 0.508 e. The monoisotopic (exact) mass is 458 g/mol. The minimum atomic E-state index is -1.28. The molecule has 3 atom stereocenters. The summed E-state index contributed by atoms with van der Waals surface area (Å²) >= 11 is 0. The molecule has 10 heteroatoms. The normalized spacial score (nSPS) is 21.8. The Kier molecular flexibility index (Phi) is 7.18. The second-order valence-corrected chi connectivity index (χ2v) is 7.47. The predicted molar refractivity (Wildman–Crippen MR) is 109 cm³/mol. The SMILES string of the molecule is O=C1OCC(COC(=O)c2ccc(Cc3ccc(C(=O)OCC4COC(O)O4)cc3)cc2)O1. The van der Waals surface area contributed by atoms with E-state index in [9.17, 15) is 14.4 Å². The minimum absolute atomic E-state index is 0.00793.